The van der Waals surface area contributed by atoms with Crippen LogP contribution in [0.5, 0.6) is 0 Å². The summed E-state index contributed by atoms with van der Waals surface area (Å²) in [5, 5.41) is 25.2. The molecule has 4 N–H and O–H groups in total. The Bertz CT molecular complexity index is 1500. The Morgan fingerprint density at radius 2 is 1.75 bits per heavy atom. The van der Waals surface area contributed by atoms with E-state index < -0.39 is 17.7 Å². The first-order valence-corrected chi connectivity index (χ1v) is 15.9. The number of alkyl halides is 3. The van der Waals surface area contributed by atoms with Gasteiger partial charge in [0.25, 0.3) is 5.91 Å². The minimum absolute atomic E-state index is 0.0102. The number of imidazole rings is 1. The lowest BCUT2D eigenvalue weighted by Gasteiger charge is -2.41. The maximum absolute atomic E-state index is 14.3. The summed E-state index contributed by atoms with van der Waals surface area (Å²) in [4.78, 5) is 41.0. The number of aromatic nitrogens is 2. The molecular formula is C34H42F3N5O6. The fourth-order valence-electron chi connectivity index (χ4n) is 6.19. The van der Waals surface area contributed by atoms with Crippen LogP contribution in [0, 0.1) is 0 Å². The number of amides is 2. The Morgan fingerprint density at radius 1 is 1.08 bits per heavy atom. The highest BCUT2D eigenvalue weighted by Crippen LogP contribution is 2.41. The van der Waals surface area contributed by atoms with Crippen LogP contribution in [0.4, 0.5) is 13.2 Å². The van der Waals surface area contributed by atoms with E-state index in [-0.39, 0.29) is 30.5 Å². The van der Waals surface area contributed by atoms with Gasteiger partial charge in [-0.1, -0.05) is 73.5 Å². The second kappa shape index (κ2) is 16.7. The molecule has 2 aromatic carbocycles. The summed E-state index contributed by atoms with van der Waals surface area (Å²) in [6.45, 7) is 4.38. The molecule has 14 heteroatoms. The number of carboxylic acids is 1. The first-order chi connectivity index (χ1) is 22.9. The van der Waals surface area contributed by atoms with E-state index in [1.54, 1.807) is 6.33 Å². The van der Waals surface area contributed by atoms with Gasteiger partial charge in [0.15, 0.2) is 5.69 Å². The highest BCUT2D eigenvalue weighted by molar-refractivity contribution is 5.98. The van der Waals surface area contributed by atoms with Crippen LogP contribution in [0.2, 0.25) is 0 Å². The third-order valence-corrected chi connectivity index (χ3v) is 8.48. The van der Waals surface area contributed by atoms with E-state index in [0.29, 0.717) is 31.8 Å². The van der Waals surface area contributed by atoms with Gasteiger partial charge in [-0.15, -0.1) is 0 Å². The number of ether oxygens (including phenoxy) is 1. The topological polar surface area (TPSA) is 146 Å². The summed E-state index contributed by atoms with van der Waals surface area (Å²) >= 11 is 0. The number of carbonyl (C=O) groups excluding carboxylic acids is 2. The normalized spacial score (nSPS) is 21.1. The first kappa shape index (κ1) is 36.6. The van der Waals surface area contributed by atoms with Gasteiger partial charge < -0.3 is 35.1 Å². The number of halogens is 3. The Kier molecular flexibility index (Phi) is 12.7. The lowest BCUT2D eigenvalue weighted by atomic mass is 9.80. The molecule has 1 aliphatic heterocycles. The van der Waals surface area contributed by atoms with Crippen LogP contribution in [0.15, 0.2) is 67.0 Å². The molecule has 3 atom stereocenters. The fraction of sp³-hybridized carbons (Fsp3) is 0.471. The van der Waals surface area contributed by atoms with Crippen molar-refractivity contribution in [3.63, 3.8) is 0 Å². The van der Waals surface area contributed by atoms with Crippen LogP contribution in [0.3, 0.4) is 0 Å². The van der Waals surface area contributed by atoms with E-state index in [9.17, 15) is 27.9 Å². The second-order valence-electron chi connectivity index (χ2n) is 12.0. The largest absolute Gasteiger partial charge is 0.490 e. The maximum Gasteiger partial charge on any atom is 0.490 e. The number of hydrogen-bond donors (Lipinski definition) is 4. The number of nitrogens with zero attached hydrogens (tertiary/aromatic N) is 3. The Hall–Kier alpha value is -4.27. The van der Waals surface area contributed by atoms with Gasteiger partial charge in [-0.25, -0.2) is 9.78 Å². The molecule has 0 unspecified atom stereocenters. The molecule has 0 radical (unpaired) electrons. The molecule has 2 aliphatic rings. The highest BCUT2D eigenvalue weighted by atomic mass is 19.4. The molecular weight excluding hydrogens is 631 g/mol. The first-order valence-electron chi connectivity index (χ1n) is 15.9. The number of hydrogen-bond acceptors (Lipinski definition) is 7. The van der Waals surface area contributed by atoms with Crippen molar-refractivity contribution in [2.45, 2.75) is 62.9 Å². The fourth-order valence-corrected chi connectivity index (χ4v) is 6.19. The zero-order valence-electron chi connectivity index (χ0n) is 26.8. The number of carbonyl (C=O) groups is 3. The van der Waals surface area contributed by atoms with Gasteiger partial charge in [-0.2, -0.15) is 13.2 Å². The predicted molar refractivity (Wildman–Crippen MR) is 171 cm³/mol. The monoisotopic (exact) mass is 673 g/mol. The van der Waals surface area contributed by atoms with Crippen molar-refractivity contribution in [3.05, 3.63) is 78.2 Å². The molecule has 0 spiro atoms. The van der Waals surface area contributed by atoms with Crippen LogP contribution < -0.4 is 10.6 Å². The number of benzene rings is 2. The van der Waals surface area contributed by atoms with Crippen molar-refractivity contribution in [3.8, 4) is 11.3 Å². The number of carboxylic acid groups (broad SMARTS) is 1. The van der Waals surface area contributed by atoms with E-state index in [1.807, 2.05) is 58.0 Å². The molecule has 5 rings (SSSR count). The second-order valence-corrected chi connectivity index (χ2v) is 12.0. The standard InChI is InChI=1S/C32H41N5O4.C2HF3O2/c1-24(38)34-17-19-41-22-32(40)15-9-8-14-28(32)37-23-35-29(30(37)26-12-6-3-7-13-26)31(39)36-18-16-33-21-27(36)20-25-10-4-2-5-11-25;3-2(4,5)1(6)7/h2-7,10-13,23,27-28,33,40H,8-9,14-22H2,1H3,(H,34,38);(H,6,7)/t27-,28+,32+;/m1./s1. The van der Waals surface area contributed by atoms with Crippen LogP contribution in [-0.2, 0) is 20.7 Å². The Labute approximate surface area is 277 Å². The van der Waals surface area contributed by atoms with Gasteiger partial charge in [-0.05, 0) is 24.8 Å². The van der Waals surface area contributed by atoms with Crippen molar-refractivity contribution in [1.82, 2.24) is 25.1 Å². The van der Waals surface area contributed by atoms with Crippen LogP contribution in [0.25, 0.3) is 11.3 Å². The zero-order chi connectivity index (χ0) is 34.7. The van der Waals surface area contributed by atoms with Crippen LogP contribution in [-0.4, -0.2) is 99.7 Å². The van der Waals surface area contributed by atoms with E-state index in [0.717, 1.165) is 50.0 Å². The molecule has 48 heavy (non-hydrogen) atoms. The van der Waals surface area contributed by atoms with E-state index in [2.05, 4.69) is 22.8 Å². The summed E-state index contributed by atoms with van der Waals surface area (Å²) in [5.41, 5.74) is 2.11. The smallest absolute Gasteiger partial charge is 0.475 e. The maximum atomic E-state index is 14.3. The third kappa shape index (κ3) is 9.64. The summed E-state index contributed by atoms with van der Waals surface area (Å²) in [6.07, 6.45) is 0.599. The molecule has 260 valence electrons. The Morgan fingerprint density at radius 3 is 2.40 bits per heavy atom. The molecule has 2 heterocycles. The highest BCUT2D eigenvalue weighted by Gasteiger charge is 2.43. The van der Waals surface area contributed by atoms with E-state index in [1.165, 1.54) is 12.5 Å². The van der Waals surface area contributed by atoms with Gasteiger partial charge in [0.1, 0.15) is 5.60 Å². The van der Waals surface area contributed by atoms with Gasteiger partial charge in [-0.3, -0.25) is 9.59 Å². The van der Waals surface area contributed by atoms with Gasteiger partial charge >= 0.3 is 12.1 Å². The number of rotatable bonds is 10. The average Bonchev–Trinajstić information content (AvgIpc) is 3.50. The van der Waals surface area contributed by atoms with Crippen LogP contribution >= 0.6 is 0 Å². The SMILES string of the molecule is CC(=O)NCCOC[C@@]1(O)CCCC[C@@H]1n1cnc(C(=O)N2CCNC[C@H]2Cc2ccccc2)c1-c1ccccc1.O=C(O)C(F)(F)F. The van der Waals surface area contributed by atoms with E-state index in [4.69, 9.17) is 19.6 Å². The summed E-state index contributed by atoms with van der Waals surface area (Å²) in [6, 6.07) is 19.8. The van der Waals surface area contributed by atoms with Crippen molar-refractivity contribution >= 4 is 17.8 Å². The zero-order valence-corrected chi connectivity index (χ0v) is 26.8. The van der Waals surface area contributed by atoms with Crippen molar-refractivity contribution in [2.75, 3.05) is 39.4 Å². The number of piperazine rings is 1. The summed E-state index contributed by atoms with van der Waals surface area (Å²) in [5.74, 6) is -2.95. The van der Waals surface area contributed by atoms with Crippen molar-refractivity contribution < 1.29 is 42.5 Å². The minimum atomic E-state index is -5.08. The van der Waals surface area contributed by atoms with Gasteiger partial charge in [0.2, 0.25) is 5.91 Å². The molecule has 0 bridgehead atoms. The quantitative estimate of drug-likeness (QED) is 0.238. The molecule has 2 amide bonds. The Balaban J connectivity index is 0.000000671. The average molecular weight is 674 g/mol. The van der Waals surface area contributed by atoms with Crippen LogP contribution in [0.1, 0.15) is 54.7 Å². The van der Waals surface area contributed by atoms with Gasteiger partial charge in [0.05, 0.1) is 31.3 Å². The van der Waals surface area contributed by atoms with Crippen molar-refractivity contribution in [1.29, 1.82) is 0 Å². The molecule has 3 aromatic rings. The number of nitrogens with one attached hydrogen (secondary N) is 2. The molecule has 2 fully saturated rings. The molecule has 1 aromatic heterocycles. The van der Waals surface area contributed by atoms with E-state index >= 15 is 0 Å². The number of aliphatic hydroxyl groups is 1. The lowest BCUT2D eigenvalue weighted by Crippen LogP contribution is -2.54. The molecule has 1 saturated heterocycles. The predicted octanol–water partition coefficient (Wildman–Crippen LogP) is 3.84. The summed E-state index contributed by atoms with van der Waals surface area (Å²) in [7, 11) is 0. The third-order valence-electron chi connectivity index (χ3n) is 8.48. The van der Waals surface area contributed by atoms with Crippen molar-refractivity contribution in [2.24, 2.45) is 0 Å². The minimum Gasteiger partial charge on any atom is -0.475 e. The summed E-state index contributed by atoms with van der Waals surface area (Å²) < 4.78 is 39.6. The number of aliphatic carboxylic acids is 1. The molecule has 11 nitrogen and oxygen atoms in total. The van der Waals surface area contributed by atoms with Gasteiger partial charge in [0, 0.05) is 44.7 Å². The molecule has 1 aliphatic carbocycles. The lowest BCUT2D eigenvalue weighted by molar-refractivity contribution is -0.192. The molecule has 1 saturated carbocycles.